The summed E-state index contributed by atoms with van der Waals surface area (Å²) in [5.41, 5.74) is 4.06. The van der Waals surface area contributed by atoms with Gasteiger partial charge in [-0.25, -0.2) is 4.98 Å². The zero-order valence-corrected chi connectivity index (χ0v) is 21.0. The molecule has 8 heteroatoms. The summed E-state index contributed by atoms with van der Waals surface area (Å²) < 4.78 is 1.31. The third-order valence-corrected chi connectivity index (χ3v) is 7.01. The molecule has 0 aliphatic heterocycles. The van der Waals surface area contributed by atoms with E-state index in [2.05, 4.69) is 45.8 Å². The van der Waals surface area contributed by atoms with Crippen molar-refractivity contribution in [3.05, 3.63) is 99.8 Å². The average molecular weight is 498 g/mol. The molecule has 5 rings (SSSR count). The molecule has 2 aromatic heterocycles. The fourth-order valence-corrected chi connectivity index (χ4v) is 4.98. The van der Waals surface area contributed by atoms with Gasteiger partial charge in [0.05, 0.1) is 10.9 Å². The van der Waals surface area contributed by atoms with Crippen LogP contribution in [0.5, 0.6) is 0 Å². The molecule has 1 unspecified atom stereocenters. The summed E-state index contributed by atoms with van der Waals surface area (Å²) in [6.07, 6.45) is 2.61. The molecule has 0 aliphatic carbocycles. The fourth-order valence-electron chi connectivity index (χ4n) is 4.17. The molecule has 7 nitrogen and oxygen atoms in total. The van der Waals surface area contributed by atoms with Crippen molar-refractivity contribution in [1.29, 1.82) is 0 Å². The molecular weight excluding hydrogens is 470 g/mol. The van der Waals surface area contributed by atoms with E-state index in [-0.39, 0.29) is 17.5 Å². The van der Waals surface area contributed by atoms with Crippen molar-refractivity contribution in [2.75, 3.05) is 5.32 Å². The number of anilines is 2. The minimum atomic E-state index is -0.258. The van der Waals surface area contributed by atoms with E-state index in [0.29, 0.717) is 26.6 Å². The monoisotopic (exact) mass is 497 g/mol. The maximum absolute atomic E-state index is 13.1. The topological polar surface area (TPSA) is 88.4 Å². The van der Waals surface area contributed by atoms with Crippen LogP contribution in [-0.4, -0.2) is 26.5 Å². The van der Waals surface area contributed by atoms with Crippen molar-refractivity contribution in [2.24, 2.45) is 0 Å². The maximum atomic E-state index is 13.1. The summed E-state index contributed by atoms with van der Waals surface area (Å²) in [5, 5.41) is 11.8. The van der Waals surface area contributed by atoms with Gasteiger partial charge in [0, 0.05) is 17.3 Å². The number of amides is 1. The largest absolute Gasteiger partial charge is 0.350 e. The molecule has 5 aromatic rings. The lowest BCUT2D eigenvalue weighted by Crippen LogP contribution is -2.33. The van der Waals surface area contributed by atoms with Gasteiger partial charge in [-0.15, -0.1) is 5.10 Å². The first-order valence-electron chi connectivity index (χ1n) is 12.0. The van der Waals surface area contributed by atoms with Crippen LogP contribution in [0.25, 0.3) is 15.9 Å². The minimum Gasteiger partial charge on any atom is -0.350 e. The Labute approximate surface area is 212 Å². The van der Waals surface area contributed by atoms with E-state index < -0.39 is 0 Å². The Morgan fingerprint density at radius 1 is 1.06 bits per heavy atom. The van der Waals surface area contributed by atoms with E-state index in [4.69, 9.17) is 0 Å². The first-order chi connectivity index (χ1) is 17.5. The Bertz CT molecular complexity index is 1590. The first-order valence-corrected chi connectivity index (χ1v) is 12.9. The van der Waals surface area contributed by atoms with Crippen LogP contribution >= 0.6 is 11.3 Å². The highest BCUT2D eigenvalue weighted by Crippen LogP contribution is 2.25. The summed E-state index contributed by atoms with van der Waals surface area (Å²) >= 11 is 1.30. The van der Waals surface area contributed by atoms with Crippen molar-refractivity contribution in [3.8, 4) is 0 Å². The Balaban J connectivity index is 1.36. The van der Waals surface area contributed by atoms with Gasteiger partial charge in [0.15, 0.2) is 0 Å². The van der Waals surface area contributed by atoms with Crippen LogP contribution in [0.3, 0.4) is 0 Å². The number of carbonyl (C=O) groups is 1. The van der Waals surface area contributed by atoms with Gasteiger partial charge in [-0.2, -0.15) is 4.52 Å². The predicted molar refractivity (Wildman–Crippen MR) is 145 cm³/mol. The highest BCUT2D eigenvalue weighted by Gasteiger charge is 2.15. The second kappa shape index (κ2) is 10.3. The summed E-state index contributed by atoms with van der Waals surface area (Å²) in [5.74, 6) is -0.178. The van der Waals surface area contributed by atoms with E-state index in [1.165, 1.54) is 21.4 Å². The molecule has 36 heavy (non-hydrogen) atoms. The van der Waals surface area contributed by atoms with Gasteiger partial charge < -0.3 is 10.6 Å². The molecule has 0 saturated heterocycles. The molecule has 0 aliphatic rings. The fraction of sp³-hybridized carbons (Fsp3) is 0.214. The molecule has 1 atom stereocenters. The number of benzene rings is 3. The van der Waals surface area contributed by atoms with Crippen molar-refractivity contribution in [3.63, 3.8) is 0 Å². The number of hydrogen-bond donors (Lipinski definition) is 2. The van der Waals surface area contributed by atoms with Crippen molar-refractivity contribution in [2.45, 2.75) is 39.2 Å². The van der Waals surface area contributed by atoms with Crippen LogP contribution < -0.4 is 16.2 Å². The number of para-hydroxylation sites is 1. The molecule has 0 radical (unpaired) electrons. The van der Waals surface area contributed by atoms with Gasteiger partial charge in [-0.1, -0.05) is 66.8 Å². The zero-order valence-electron chi connectivity index (χ0n) is 20.2. The van der Waals surface area contributed by atoms with Crippen LogP contribution in [0.1, 0.15) is 41.8 Å². The summed E-state index contributed by atoms with van der Waals surface area (Å²) in [6, 6.07) is 23.2. The van der Waals surface area contributed by atoms with E-state index in [0.717, 1.165) is 30.5 Å². The van der Waals surface area contributed by atoms with Gasteiger partial charge in [-0.05, 0) is 61.6 Å². The van der Waals surface area contributed by atoms with Gasteiger partial charge in [0.2, 0.25) is 10.1 Å². The van der Waals surface area contributed by atoms with Crippen LogP contribution in [-0.2, 0) is 12.8 Å². The Hall–Kier alpha value is -4.04. The summed E-state index contributed by atoms with van der Waals surface area (Å²) in [4.78, 5) is 31.1. The minimum absolute atomic E-state index is 0.00981. The van der Waals surface area contributed by atoms with Crippen LogP contribution in [0, 0.1) is 0 Å². The number of aryl methyl sites for hydroxylation is 2. The first kappa shape index (κ1) is 23.7. The smallest absolute Gasteiger partial charge is 0.283 e. The lowest BCUT2D eigenvalue weighted by molar-refractivity contribution is 0.0938. The number of rotatable bonds is 8. The highest BCUT2D eigenvalue weighted by molar-refractivity contribution is 7.20. The van der Waals surface area contributed by atoms with Gasteiger partial charge in [0.25, 0.3) is 11.5 Å². The number of fused-ring (bicyclic) bond motifs is 2. The Kier molecular flexibility index (Phi) is 6.77. The summed E-state index contributed by atoms with van der Waals surface area (Å²) in [7, 11) is 0. The van der Waals surface area contributed by atoms with Crippen molar-refractivity contribution < 1.29 is 4.79 Å². The molecule has 0 fully saturated rings. The lowest BCUT2D eigenvalue weighted by atomic mass is 10.1. The van der Waals surface area contributed by atoms with Crippen molar-refractivity contribution in [1.82, 2.24) is 19.9 Å². The number of aromatic nitrogens is 3. The normalized spacial score (nSPS) is 12.1. The molecule has 2 heterocycles. The third kappa shape index (κ3) is 4.99. The van der Waals surface area contributed by atoms with Gasteiger partial charge in [0.1, 0.15) is 0 Å². The molecule has 0 saturated carbocycles. The standard InChI is InChI=1S/C28H27N5O2S/c1-3-20-11-7-8-12-23(20)30-27-32-33-26(35)22-16-15-21(17-24(22)31-28(33)36-27)25(34)29-18(2)13-14-19-9-5-4-6-10-19/h4-12,15-18H,3,13-14H2,1-2H3,(H,29,34)(H,30,32). The number of carbonyl (C=O) groups excluding carboxylic acids is 1. The van der Waals surface area contributed by atoms with Gasteiger partial charge >= 0.3 is 0 Å². The van der Waals surface area contributed by atoms with E-state index >= 15 is 0 Å². The molecule has 0 spiro atoms. The second-order valence-corrected chi connectivity index (χ2v) is 9.74. The van der Waals surface area contributed by atoms with E-state index in [9.17, 15) is 9.59 Å². The lowest BCUT2D eigenvalue weighted by Gasteiger charge is -2.14. The second-order valence-electron chi connectivity index (χ2n) is 8.78. The van der Waals surface area contributed by atoms with Crippen LogP contribution in [0.2, 0.25) is 0 Å². The predicted octanol–water partition coefficient (Wildman–Crippen LogP) is 5.36. The van der Waals surface area contributed by atoms with Crippen LogP contribution in [0.4, 0.5) is 10.8 Å². The third-order valence-electron chi connectivity index (χ3n) is 6.18. The molecular formula is C28H27N5O2S. The number of nitrogens with zero attached hydrogens (tertiary/aromatic N) is 3. The van der Waals surface area contributed by atoms with Crippen molar-refractivity contribution >= 4 is 43.9 Å². The maximum Gasteiger partial charge on any atom is 0.283 e. The SMILES string of the molecule is CCc1ccccc1Nc1nn2c(=O)c3ccc(C(=O)NC(C)CCc4ccccc4)cc3nc2s1. The van der Waals surface area contributed by atoms with Gasteiger partial charge in [-0.3, -0.25) is 9.59 Å². The average Bonchev–Trinajstić information content (AvgIpc) is 3.30. The number of nitrogens with one attached hydrogen (secondary N) is 2. The highest BCUT2D eigenvalue weighted by atomic mass is 32.1. The molecule has 2 N–H and O–H groups in total. The van der Waals surface area contributed by atoms with E-state index in [1.54, 1.807) is 18.2 Å². The Morgan fingerprint density at radius 3 is 2.64 bits per heavy atom. The van der Waals surface area contributed by atoms with E-state index in [1.807, 2.05) is 43.3 Å². The summed E-state index contributed by atoms with van der Waals surface area (Å²) in [6.45, 7) is 4.09. The molecule has 182 valence electrons. The quantitative estimate of drug-likeness (QED) is 0.301. The molecule has 1 amide bonds. The zero-order chi connectivity index (χ0) is 25.1. The number of hydrogen-bond acceptors (Lipinski definition) is 6. The molecule has 0 bridgehead atoms. The van der Waals surface area contributed by atoms with Crippen LogP contribution in [0.15, 0.2) is 77.6 Å². The Morgan fingerprint density at radius 2 is 1.83 bits per heavy atom. The molecule has 3 aromatic carbocycles.